The van der Waals surface area contributed by atoms with E-state index in [4.69, 9.17) is 4.74 Å². The van der Waals surface area contributed by atoms with E-state index < -0.39 is 0 Å². The number of rotatable bonds is 5. The fourth-order valence-electron chi connectivity index (χ4n) is 1.49. The maximum atomic E-state index is 11.5. The molecule has 0 aromatic rings. The average Bonchev–Trinajstić information content (AvgIpc) is 1.98. The zero-order valence-corrected chi connectivity index (χ0v) is 11.5. The molecule has 0 aliphatic heterocycles. The second-order valence-electron chi connectivity index (χ2n) is 5.83. The van der Waals surface area contributed by atoms with Gasteiger partial charge in [-0.1, -0.05) is 27.4 Å². The van der Waals surface area contributed by atoms with Crippen LogP contribution in [0.25, 0.3) is 0 Å². The summed E-state index contributed by atoms with van der Waals surface area (Å²) in [5.41, 5.74) is 0.605. The van der Waals surface area contributed by atoms with E-state index >= 15 is 0 Å². The van der Waals surface area contributed by atoms with Crippen molar-refractivity contribution in [2.24, 2.45) is 5.41 Å². The topological polar surface area (TPSA) is 29.5 Å². The van der Waals surface area contributed by atoms with Gasteiger partial charge >= 0.3 is 5.97 Å². The molecule has 1 atom stereocenters. The number of hydrogen-bond donors (Lipinski definition) is 0. The van der Waals surface area contributed by atoms with Crippen LogP contribution in [-0.2, 0) is 9.53 Å². The Morgan fingerprint density at radius 1 is 1.38 bits per heavy atom. The molecule has 0 amide bonds. The van der Waals surface area contributed by atoms with Crippen molar-refractivity contribution in [1.82, 2.24) is 4.90 Å². The normalized spacial score (nSPS) is 13.7. The second kappa shape index (κ2) is 6.04. The van der Waals surface area contributed by atoms with Gasteiger partial charge in [0.2, 0.25) is 0 Å². The predicted octanol–water partition coefficient (Wildman–Crippen LogP) is 2.47. The fourth-order valence-corrected chi connectivity index (χ4v) is 1.49. The van der Waals surface area contributed by atoms with E-state index in [0.717, 1.165) is 13.0 Å². The number of nitrogens with zero attached hydrogens (tertiary/aromatic N) is 1. The fraction of sp³-hybridized carbons (Fsp3) is 0.769. The van der Waals surface area contributed by atoms with Crippen molar-refractivity contribution in [2.75, 3.05) is 20.6 Å². The molecule has 0 aromatic carbocycles. The summed E-state index contributed by atoms with van der Waals surface area (Å²) in [6.45, 7) is 12.4. The van der Waals surface area contributed by atoms with Gasteiger partial charge in [-0.05, 0) is 32.9 Å². The van der Waals surface area contributed by atoms with Crippen LogP contribution in [0.5, 0.6) is 0 Å². The Kier molecular flexibility index (Phi) is 5.73. The number of carbonyl (C=O) groups excluding carboxylic acids is 1. The lowest BCUT2D eigenvalue weighted by Gasteiger charge is -2.28. The molecule has 0 saturated carbocycles. The van der Waals surface area contributed by atoms with E-state index in [9.17, 15) is 4.79 Å². The van der Waals surface area contributed by atoms with Crippen molar-refractivity contribution in [3.63, 3.8) is 0 Å². The van der Waals surface area contributed by atoms with Gasteiger partial charge in [-0.25, -0.2) is 4.79 Å². The maximum Gasteiger partial charge on any atom is 0.333 e. The van der Waals surface area contributed by atoms with Gasteiger partial charge in [-0.3, -0.25) is 0 Å². The molecular weight excluding hydrogens is 202 g/mol. The van der Waals surface area contributed by atoms with Crippen LogP contribution in [0.3, 0.4) is 0 Å². The summed E-state index contributed by atoms with van der Waals surface area (Å²) in [7, 11) is 3.95. The molecule has 94 valence electrons. The first-order valence-corrected chi connectivity index (χ1v) is 5.63. The molecule has 0 bridgehead atoms. The Hall–Kier alpha value is -0.830. The number of carbonyl (C=O) groups is 1. The molecule has 3 heteroatoms. The minimum absolute atomic E-state index is 0.0702. The lowest BCUT2D eigenvalue weighted by molar-refractivity contribution is -0.146. The zero-order valence-electron chi connectivity index (χ0n) is 11.5. The van der Waals surface area contributed by atoms with Gasteiger partial charge in [0.1, 0.15) is 6.10 Å². The molecule has 0 heterocycles. The average molecular weight is 227 g/mol. The van der Waals surface area contributed by atoms with Crippen LogP contribution < -0.4 is 0 Å². The lowest BCUT2D eigenvalue weighted by Crippen LogP contribution is -2.33. The third-order valence-electron chi connectivity index (χ3n) is 2.03. The summed E-state index contributed by atoms with van der Waals surface area (Å²) in [6, 6.07) is 0. The van der Waals surface area contributed by atoms with Crippen molar-refractivity contribution >= 4 is 5.97 Å². The van der Waals surface area contributed by atoms with E-state index in [1.54, 1.807) is 6.92 Å². The Bertz CT molecular complexity index is 251. The molecule has 0 spiro atoms. The Morgan fingerprint density at radius 3 is 2.19 bits per heavy atom. The van der Waals surface area contributed by atoms with E-state index in [-0.39, 0.29) is 17.5 Å². The summed E-state index contributed by atoms with van der Waals surface area (Å²) < 4.78 is 5.42. The number of ether oxygens (including phenoxy) is 1. The zero-order chi connectivity index (χ0) is 12.9. The second-order valence-corrected chi connectivity index (χ2v) is 5.83. The minimum atomic E-state index is -0.295. The highest BCUT2D eigenvalue weighted by Crippen LogP contribution is 2.23. The maximum absolute atomic E-state index is 11.5. The standard InChI is InChI=1S/C13H25NO2/c1-10(2)12(15)16-11(9-14(6)7)8-13(3,4)5/h11H,1,8-9H2,2-7H3. The van der Waals surface area contributed by atoms with Crippen molar-refractivity contribution < 1.29 is 9.53 Å². The summed E-state index contributed by atoms with van der Waals surface area (Å²) >= 11 is 0. The molecule has 0 N–H and O–H groups in total. The summed E-state index contributed by atoms with van der Waals surface area (Å²) in [5, 5.41) is 0. The quantitative estimate of drug-likeness (QED) is 0.534. The van der Waals surface area contributed by atoms with Crippen molar-refractivity contribution in [3.8, 4) is 0 Å². The van der Waals surface area contributed by atoms with E-state index in [2.05, 4.69) is 27.4 Å². The van der Waals surface area contributed by atoms with Crippen LogP contribution in [0.15, 0.2) is 12.2 Å². The third kappa shape index (κ3) is 7.46. The molecule has 0 aromatic heterocycles. The van der Waals surface area contributed by atoms with Gasteiger partial charge in [-0.2, -0.15) is 0 Å². The van der Waals surface area contributed by atoms with Gasteiger partial charge in [0.05, 0.1) is 0 Å². The highest BCUT2D eigenvalue weighted by Gasteiger charge is 2.22. The molecule has 0 fully saturated rings. The third-order valence-corrected chi connectivity index (χ3v) is 2.03. The van der Waals surface area contributed by atoms with Crippen molar-refractivity contribution in [2.45, 2.75) is 40.2 Å². The Labute approximate surface area is 99.5 Å². The smallest absolute Gasteiger partial charge is 0.333 e. The van der Waals surface area contributed by atoms with Crippen LogP contribution in [0.2, 0.25) is 0 Å². The molecular formula is C13H25NO2. The van der Waals surface area contributed by atoms with Crippen molar-refractivity contribution in [1.29, 1.82) is 0 Å². The van der Waals surface area contributed by atoms with Gasteiger partial charge in [0.15, 0.2) is 0 Å². The highest BCUT2D eigenvalue weighted by molar-refractivity contribution is 5.87. The summed E-state index contributed by atoms with van der Waals surface area (Å²) in [5.74, 6) is -0.295. The van der Waals surface area contributed by atoms with Crippen LogP contribution in [0.4, 0.5) is 0 Å². The first kappa shape index (κ1) is 15.2. The molecule has 0 saturated heterocycles. The summed E-state index contributed by atoms with van der Waals surface area (Å²) in [6.07, 6.45) is 0.781. The molecule has 0 aliphatic rings. The lowest BCUT2D eigenvalue weighted by atomic mass is 9.89. The van der Waals surface area contributed by atoms with Crippen LogP contribution in [0, 0.1) is 5.41 Å². The molecule has 0 rings (SSSR count). The monoisotopic (exact) mass is 227 g/mol. The van der Waals surface area contributed by atoms with Gasteiger partial charge in [0.25, 0.3) is 0 Å². The molecule has 16 heavy (non-hydrogen) atoms. The van der Waals surface area contributed by atoms with Crippen molar-refractivity contribution in [3.05, 3.63) is 12.2 Å². The van der Waals surface area contributed by atoms with Gasteiger partial charge in [-0.15, -0.1) is 0 Å². The van der Waals surface area contributed by atoms with Crippen LogP contribution in [-0.4, -0.2) is 37.6 Å². The molecule has 0 radical (unpaired) electrons. The van der Waals surface area contributed by atoms with E-state index in [1.165, 1.54) is 0 Å². The van der Waals surface area contributed by atoms with Crippen LogP contribution in [0.1, 0.15) is 34.1 Å². The van der Waals surface area contributed by atoms with Gasteiger partial charge in [0, 0.05) is 12.1 Å². The molecule has 3 nitrogen and oxygen atoms in total. The molecule has 1 unspecified atom stereocenters. The Balaban J connectivity index is 4.43. The number of likely N-dealkylation sites (N-methyl/N-ethyl adjacent to an activating group) is 1. The molecule has 0 aliphatic carbocycles. The first-order chi connectivity index (χ1) is 7.11. The SMILES string of the molecule is C=C(C)C(=O)OC(CN(C)C)CC(C)(C)C. The largest absolute Gasteiger partial charge is 0.458 e. The van der Waals surface area contributed by atoms with E-state index in [0.29, 0.717) is 5.57 Å². The number of hydrogen-bond acceptors (Lipinski definition) is 3. The Morgan fingerprint density at radius 2 is 1.88 bits per heavy atom. The van der Waals surface area contributed by atoms with Crippen LogP contribution >= 0.6 is 0 Å². The highest BCUT2D eigenvalue weighted by atomic mass is 16.5. The first-order valence-electron chi connectivity index (χ1n) is 5.63. The number of esters is 1. The van der Waals surface area contributed by atoms with E-state index in [1.807, 2.05) is 19.0 Å². The minimum Gasteiger partial charge on any atom is -0.458 e. The predicted molar refractivity (Wildman–Crippen MR) is 67.3 cm³/mol. The van der Waals surface area contributed by atoms with Gasteiger partial charge < -0.3 is 9.64 Å². The summed E-state index contributed by atoms with van der Waals surface area (Å²) in [4.78, 5) is 13.5.